The van der Waals surface area contributed by atoms with Crippen molar-refractivity contribution in [1.29, 1.82) is 5.26 Å². The third-order valence-electron chi connectivity index (χ3n) is 6.80. The van der Waals surface area contributed by atoms with Crippen LogP contribution in [-0.2, 0) is 21.4 Å². The molecule has 4 aromatic rings. The van der Waals surface area contributed by atoms with Crippen LogP contribution in [0.3, 0.4) is 0 Å². The SMILES string of the molecule is CC1CCCN(S(=O)(=O)c2cccc(-c3nn(-c4ccccc4)cc3/C=C(\C#N)C(=O)NCc3ccco3)c2)C1. The van der Waals surface area contributed by atoms with Crippen LogP contribution in [0.5, 0.6) is 0 Å². The number of furan rings is 1. The van der Waals surface area contributed by atoms with E-state index in [2.05, 4.69) is 12.2 Å². The highest BCUT2D eigenvalue weighted by molar-refractivity contribution is 7.89. The summed E-state index contributed by atoms with van der Waals surface area (Å²) < 4.78 is 35.4. The quantitative estimate of drug-likeness (QED) is 0.247. The first-order chi connectivity index (χ1) is 19.3. The number of nitrogens with one attached hydrogen (secondary N) is 1. The second-order valence-corrected chi connectivity index (χ2v) is 11.7. The zero-order valence-electron chi connectivity index (χ0n) is 22.0. The Labute approximate surface area is 233 Å². The van der Waals surface area contributed by atoms with Crippen LogP contribution in [0.4, 0.5) is 0 Å². The van der Waals surface area contributed by atoms with Crippen molar-refractivity contribution in [3.8, 4) is 23.0 Å². The van der Waals surface area contributed by atoms with Crippen molar-refractivity contribution in [3.63, 3.8) is 0 Å². The average molecular weight is 556 g/mol. The van der Waals surface area contributed by atoms with Crippen LogP contribution in [0.15, 0.2) is 94.1 Å². The van der Waals surface area contributed by atoms with Crippen molar-refractivity contribution in [1.82, 2.24) is 19.4 Å². The minimum atomic E-state index is -3.70. The number of nitrogens with zero attached hydrogens (tertiary/aromatic N) is 4. The van der Waals surface area contributed by atoms with Crippen LogP contribution in [0.25, 0.3) is 23.0 Å². The Kier molecular flexibility index (Phi) is 7.96. The summed E-state index contributed by atoms with van der Waals surface area (Å²) in [7, 11) is -3.70. The standard InChI is InChI=1S/C30H29N5O4S/c1-22-8-6-14-34(20-22)40(37,38)28-13-5-9-23(17-28)29-25(21-35(33-29)26-10-3-2-4-11-26)16-24(18-31)30(36)32-19-27-12-7-15-39-27/h2-5,7,9-13,15-17,21-22H,6,8,14,19-20H2,1H3,(H,32,36)/b24-16+. The first-order valence-corrected chi connectivity index (χ1v) is 14.5. The number of piperidine rings is 1. The van der Waals surface area contributed by atoms with Crippen molar-refractivity contribution in [2.45, 2.75) is 31.2 Å². The van der Waals surface area contributed by atoms with Gasteiger partial charge in [0.25, 0.3) is 5.91 Å². The lowest BCUT2D eigenvalue weighted by molar-refractivity contribution is -0.117. The van der Waals surface area contributed by atoms with E-state index < -0.39 is 15.9 Å². The lowest BCUT2D eigenvalue weighted by atomic mass is 10.0. The maximum absolute atomic E-state index is 13.5. The van der Waals surface area contributed by atoms with Gasteiger partial charge in [-0.25, -0.2) is 13.1 Å². The molecule has 1 N–H and O–H groups in total. The van der Waals surface area contributed by atoms with Crippen LogP contribution in [-0.4, -0.2) is 41.5 Å². The van der Waals surface area contributed by atoms with Crippen LogP contribution >= 0.6 is 0 Å². The van der Waals surface area contributed by atoms with Crippen molar-refractivity contribution < 1.29 is 17.6 Å². The summed E-state index contributed by atoms with van der Waals surface area (Å²) in [5, 5.41) is 17.2. The third kappa shape index (κ3) is 5.91. The molecule has 9 nitrogen and oxygen atoms in total. The molecule has 1 saturated heterocycles. The van der Waals surface area contributed by atoms with Gasteiger partial charge in [-0.15, -0.1) is 0 Å². The number of hydrogen-bond donors (Lipinski definition) is 1. The monoisotopic (exact) mass is 555 g/mol. The van der Waals surface area contributed by atoms with Gasteiger partial charge in [0.2, 0.25) is 10.0 Å². The number of para-hydroxylation sites is 1. The van der Waals surface area contributed by atoms with E-state index in [1.54, 1.807) is 51.6 Å². The van der Waals surface area contributed by atoms with Gasteiger partial charge in [0.15, 0.2) is 0 Å². The van der Waals surface area contributed by atoms with Gasteiger partial charge in [0.1, 0.15) is 23.1 Å². The Hall–Kier alpha value is -4.46. The van der Waals surface area contributed by atoms with Crippen molar-refractivity contribution in [2.75, 3.05) is 13.1 Å². The maximum Gasteiger partial charge on any atom is 0.262 e. The number of hydrogen-bond acceptors (Lipinski definition) is 6. The van der Waals surface area contributed by atoms with Crippen molar-refractivity contribution in [2.24, 2.45) is 5.92 Å². The Morgan fingerprint density at radius 2 is 2.00 bits per heavy atom. The van der Waals surface area contributed by atoms with Gasteiger partial charge in [-0.2, -0.15) is 14.7 Å². The van der Waals surface area contributed by atoms with E-state index in [1.807, 2.05) is 36.4 Å². The molecular weight excluding hydrogens is 526 g/mol. The molecule has 2 aromatic heterocycles. The molecule has 1 aliphatic rings. The molecule has 1 atom stereocenters. The molecule has 0 saturated carbocycles. The fourth-order valence-electron chi connectivity index (χ4n) is 4.73. The van der Waals surface area contributed by atoms with Gasteiger partial charge in [-0.1, -0.05) is 37.3 Å². The van der Waals surface area contributed by atoms with E-state index >= 15 is 0 Å². The molecule has 204 valence electrons. The molecular formula is C30H29N5O4S. The number of amides is 1. The first kappa shape index (κ1) is 27.1. The maximum atomic E-state index is 13.5. The van der Waals surface area contributed by atoms with Crippen molar-refractivity contribution >= 4 is 22.0 Å². The molecule has 0 aliphatic carbocycles. The number of nitriles is 1. The van der Waals surface area contributed by atoms with Gasteiger partial charge >= 0.3 is 0 Å². The summed E-state index contributed by atoms with van der Waals surface area (Å²) in [6, 6.07) is 21.5. The molecule has 0 spiro atoms. The fraction of sp³-hybridized carbons (Fsp3) is 0.233. The van der Waals surface area contributed by atoms with Crippen molar-refractivity contribution in [3.05, 3.63) is 96.1 Å². The number of sulfonamides is 1. The highest BCUT2D eigenvalue weighted by Gasteiger charge is 2.29. The van der Waals surface area contributed by atoms with Gasteiger partial charge < -0.3 is 9.73 Å². The predicted molar refractivity (Wildman–Crippen MR) is 150 cm³/mol. The van der Waals surface area contributed by atoms with E-state index in [-0.39, 0.29) is 17.0 Å². The van der Waals surface area contributed by atoms with Crippen LogP contribution in [0, 0.1) is 17.2 Å². The van der Waals surface area contributed by atoms with E-state index in [1.165, 1.54) is 12.3 Å². The van der Waals surface area contributed by atoms with Crippen LogP contribution in [0.1, 0.15) is 31.1 Å². The molecule has 0 bridgehead atoms. The summed E-state index contributed by atoms with van der Waals surface area (Å²) in [5.41, 5.74) is 2.15. The highest BCUT2D eigenvalue weighted by atomic mass is 32.2. The Bertz CT molecular complexity index is 1670. The van der Waals surface area contributed by atoms with E-state index in [4.69, 9.17) is 9.52 Å². The van der Waals surface area contributed by atoms with Gasteiger partial charge in [0.05, 0.1) is 23.4 Å². The minimum Gasteiger partial charge on any atom is -0.467 e. The largest absolute Gasteiger partial charge is 0.467 e. The smallest absolute Gasteiger partial charge is 0.262 e. The number of benzene rings is 2. The lowest BCUT2D eigenvalue weighted by Gasteiger charge is -2.30. The normalized spacial score (nSPS) is 16.4. The molecule has 1 unspecified atom stereocenters. The van der Waals surface area contributed by atoms with Crippen LogP contribution in [0.2, 0.25) is 0 Å². The van der Waals surface area contributed by atoms with Gasteiger partial charge in [-0.3, -0.25) is 4.79 Å². The zero-order chi connectivity index (χ0) is 28.1. The highest BCUT2D eigenvalue weighted by Crippen LogP contribution is 2.30. The summed E-state index contributed by atoms with van der Waals surface area (Å²) >= 11 is 0. The molecule has 1 fully saturated rings. The second-order valence-electron chi connectivity index (χ2n) is 9.78. The Balaban J connectivity index is 1.53. The molecule has 40 heavy (non-hydrogen) atoms. The predicted octanol–water partition coefficient (Wildman–Crippen LogP) is 4.78. The topological polar surface area (TPSA) is 121 Å². The second kappa shape index (κ2) is 11.7. The van der Waals surface area contributed by atoms with E-state index in [0.29, 0.717) is 41.6 Å². The van der Waals surface area contributed by atoms with Crippen LogP contribution < -0.4 is 5.32 Å². The minimum absolute atomic E-state index is 0.119. The average Bonchev–Trinajstić information content (AvgIpc) is 3.65. The molecule has 1 aliphatic heterocycles. The summed E-state index contributed by atoms with van der Waals surface area (Å²) in [4.78, 5) is 13.0. The fourth-order valence-corrected chi connectivity index (χ4v) is 6.37. The summed E-state index contributed by atoms with van der Waals surface area (Å²) in [6.07, 6.45) is 6.53. The summed E-state index contributed by atoms with van der Waals surface area (Å²) in [6.45, 7) is 3.18. The number of carbonyl (C=O) groups is 1. The molecule has 5 rings (SSSR count). The lowest BCUT2D eigenvalue weighted by Crippen LogP contribution is -2.39. The number of rotatable bonds is 8. The van der Waals surface area contributed by atoms with Gasteiger partial charge in [0, 0.05) is 30.4 Å². The first-order valence-electron chi connectivity index (χ1n) is 13.0. The number of aromatic nitrogens is 2. The molecule has 1 amide bonds. The third-order valence-corrected chi connectivity index (χ3v) is 8.66. The zero-order valence-corrected chi connectivity index (χ0v) is 22.8. The van der Waals surface area contributed by atoms with E-state index in [9.17, 15) is 18.5 Å². The van der Waals surface area contributed by atoms with E-state index in [0.717, 1.165) is 18.5 Å². The Morgan fingerprint density at radius 1 is 1.18 bits per heavy atom. The summed E-state index contributed by atoms with van der Waals surface area (Å²) in [5.74, 6) is 0.297. The Morgan fingerprint density at radius 3 is 2.73 bits per heavy atom. The van der Waals surface area contributed by atoms with Gasteiger partial charge in [-0.05, 0) is 61.2 Å². The molecule has 0 radical (unpaired) electrons. The molecule has 10 heteroatoms. The number of carbonyl (C=O) groups excluding carboxylic acids is 1. The molecule has 3 heterocycles. The molecule has 2 aromatic carbocycles.